The van der Waals surface area contributed by atoms with Crippen LogP contribution in [0.25, 0.3) is 32.1 Å². The Hall–Kier alpha value is -3.97. The monoisotopic (exact) mass is 668 g/mol. The summed E-state index contributed by atoms with van der Waals surface area (Å²) < 4.78 is 124. The van der Waals surface area contributed by atoms with Crippen LogP contribution in [0.5, 0.6) is 6.01 Å². The van der Waals surface area contributed by atoms with Gasteiger partial charge in [0, 0.05) is 29.3 Å². The summed E-state index contributed by atoms with van der Waals surface area (Å²) in [4.78, 5) is 11.3. The summed E-state index contributed by atoms with van der Waals surface area (Å²) in [5.41, 5.74) is 1.22. The molecule has 7 rings (SSSR count). The standard InChI is InChI=1S/C30H24F8N6OS/c31-13-7-29(4-1-5-44(29)9-13)12-45-28-41-24-15(27(42-28)43-10-19(33)20(34)11-43)6-17(30(36,37)38)22(23(24)35)14-2-3-18(32)25-21(14)16(8-39)26(40)46-25/h2-3,6,13,19-20H,1,4-5,7,9-12,40H2. The maximum Gasteiger partial charge on any atom is 0.417 e. The fourth-order valence-corrected chi connectivity index (χ4v) is 7.99. The Bertz CT molecular complexity index is 1920. The average molecular weight is 669 g/mol. The van der Waals surface area contributed by atoms with Crippen LogP contribution in [-0.4, -0.2) is 71.7 Å². The topological polar surface area (TPSA) is 91.3 Å². The Morgan fingerprint density at radius 1 is 1.11 bits per heavy atom. The number of alkyl halides is 6. The molecule has 2 aromatic heterocycles. The fourth-order valence-electron chi connectivity index (χ4n) is 7.04. The summed E-state index contributed by atoms with van der Waals surface area (Å²) in [7, 11) is 0. The lowest BCUT2D eigenvalue weighted by atomic mass is 9.92. The smallest absolute Gasteiger partial charge is 0.417 e. The first-order valence-electron chi connectivity index (χ1n) is 14.4. The van der Waals surface area contributed by atoms with Gasteiger partial charge in [-0.1, -0.05) is 6.07 Å². The highest BCUT2D eigenvalue weighted by Gasteiger charge is 2.49. The number of hydrogen-bond donors (Lipinski definition) is 1. The zero-order chi connectivity index (χ0) is 32.7. The van der Waals surface area contributed by atoms with Gasteiger partial charge in [0.2, 0.25) is 0 Å². The molecule has 3 aliphatic heterocycles. The van der Waals surface area contributed by atoms with E-state index in [1.165, 1.54) is 0 Å². The Balaban J connectivity index is 1.46. The molecule has 46 heavy (non-hydrogen) atoms. The fraction of sp³-hybridized carbons (Fsp3) is 0.433. The van der Waals surface area contributed by atoms with E-state index in [0.717, 1.165) is 23.5 Å². The van der Waals surface area contributed by atoms with Gasteiger partial charge in [0.15, 0.2) is 18.2 Å². The number of nitriles is 1. The summed E-state index contributed by atoms with van der Waals surface area (Å²) in [5, 5.41) is 8.75. The Kier molecular flexibility index (Phi) is 7.20. The number of nitrogens with two attached hydrogens (primary N) is 1. The van der Waals surface area contributed by atoms with Crippen LogP contribution in [0.1, 0.15) is 30.4 Å². The van der Waals surface area contributed by atoms with E-state index in [9.17, 15) is 36.0 Å². The van der Waals surface area contributed by atoms with Crippen molar-refractivity contribution < 1.29 is 39.9 Å². The maximum absolute atomic E-state index is 16.7. The van der Waals surface area contributed by atoms with Gasteiger partial charge in [-0.3, -0.25) is 4.90 Å². The molecule has 0 amide bonds. The lowest BCUT2D eigenvalue weighted by Gasteiger charge is -2.31. The highest BCUT2D eigenvalue weighted by Crippen LogP contribution is 2.48. The molecule has 3 aliphatic rings. The van der Waals surface area contributed by atoms with Crippen LogP contribution < -0.4 is 15.4 Å². The zero-order valence-electron chi connectivity index (χ0n) is 23.8. The van der Waals surface area contributed by atoms with E-state index in [0.29, 0.717) is 30.4 Å². The number of hydrogen-bond acceptors (Lipinski definition) is 8. The number of nitrogens with zero attached hydrogens (tertiary/aromatic N) is 5. The first-order valence-corrected chi connectivity index (χ1v) is 15.2. The molecule has 2 N–H and O–H groups in total. The minimum atomic E-state index is -5.20. The third-order valence-electron chi connectivity index (χ3n) is 9.11. The van der Waals surface area contributed by atoms with E-state index in [1.54, 1.807) is 6.07 Å². The molecule has 3 saturated heterocycles. The molecule has 2 aromatic carbocycles. The number of thiophene rings is 1. The van der Waals surface area contributed by atoms with Crippen molar-refractivity contribution >= 4 is 43.1 Å². The number of rotatable bonds is 5. The molecule has 242 valence electrons. The third-order valence-corrected chi connectivity index (χ3v) is 10.1. The van der Waals surface area contributed by atoms with Crippen molar-refractivity contribution in [3.63, 3.8) is 0 Å². The SMILES string of the molecule is N#Cc1c(N)sc2c(F)ccc(-c3c(C(F)(F)F)cc4c(N5CC(F)C(F)C5)nc(OCC56CCCN5CC(F)C6)nc4c3F)c12. The molecular formula is C30H24F8N6OS. The van der Waals surface area contributed by atoms with Gasteiger partial charge in [-0.05, 0) is 37.1 Å². The van der Waals surface area contributed by atoms with Gasteiger partial charge in [0.25, 0.3) is 0 Å². The van der Waals surface area contributed by atoms with Gasteiger partial charge in [-0.25, -0.2) is 22.0 Å². The first-order chi connectivity index (χ1) is 21.8. The molecule has 0 radical (unpaired) electrons. The lowest BCUT2D eigenvalue weighted by molar-refractivity contribution is -0.137. The van der Waals surface area contributed by atoms with Crippen molar-refractivity contribution in [1.29, 1.82) is 5.26 Å². The second-order valence-electron chi connectivity index (χ2n) is 11.9. The van der Waals surface area contributed by atoms with Crippen molar-refractivity contribution in [3.05, 3.63) is 41.0 Å². The Morgan fingerprint density at radius 2 is 1.85 bits per heavy atom. The molecule has 0 aliphatic carbocycles. The van der Waals surface area contributed by atoms with Gasteiger partial charge in [-0.15, -0.1) is 11.3 Å². The number of benzene rings is 2. The third kappa shape index (κ3) is 4.77. The van der Waals surface area contributed by atoms with Crippen LogP contribution in [0.4, 0.5) is 45.9 Å². The van der Waals surface area contributed by atoms with Crippen molar-refractivity contribution in [3.8, 4) is 23.2 Å². The zero-order valence-corrected chi connectivity index (χ0v) is 24.6. The minimum Gasteiger partial charge on any atom is -0.461 e. The Labute approximate surface area is 260 Å². The van der Waals surface area contributed by atoms with E-state index in [4.69, 9.17) is 10.5 Å². The molecule has 0 saturated carbocycles. The van der Waals surface area contributed by atoms with Gasteiger partial charge in [0.05, 0.1) is 34.5 Å². The summed E-state index contributed by atoms with van der Waals surface area (Å²) in [6.45, 7) is -0.407. The highest BCUT2D eigenvalue weighted by molar-refractivity contribution is 7.23. The van der Waals surface area contributed by atoms with Crippen LogP contribution >= 0.6 is 11.3 Å². The largest absolute Gasteiger partial charge is 0.461 e. The molecule has 7 nitrogen and oxygen atoms in total. The molecule has 16 heteroatoms. The van der Waals surface area contributed by atoms with Gasteiger partial charge in [-0.2, -0.15) is 28.4 Å². The van der Waals surface area contributed by atoms with Crippen LogP contribution in [-0.2, 0) is 6.18 Å². The van der Waals surface area contributed by atoms with Crippen LogP contribution in [0.15, 0.2) is 18.2 Å². The summed E-state index contributed by atoms with van der Waals surface area (Å²) >= 11 is 0.632. The normalized spacial score (nSPS) is 25.1. The van der Waals surface area contributed by atoms with Crippen molar-refractivity contribution in [2.45, 2.75) is 49.5 Å². The molecule has 4 aromatic rings. The molecule has 4 unspecified atom stereocenters. The summed E-state index contributed by atoms with van der Waals surface area (Å²) in [5.74, 6) is -2.75. The molecule has 0 bridgehead atoms. The molecule has 5 heterocycles. The van der Waals surface area contributed by atoms with E-state index in [1.807, 2.05) is 4.90 Å². The van der Waals surface area contributed by atoms with Crippen LogP contribution in [0, 0.1) is 23.0 Å². The number of fused-ring (bicyclic) bond motifs is 3. The van der Waals surface area contributed by atoms with Crippen LogP contribution in [0.2, 0.25) is 0 Å². The number of ether oxygens (including phenoxy) is 1. The quantitative estimate of drug-likeness (QED) is 0.237. The number of anilines is 2. The van der Waals surface area contributed by atoms with Gasteiger partial charge in [0.1, 0.15) is 41.0 Å². The van der Waals surface area contributed by atoms with E-state index in [-0.39, 0.29) is 46.0 Å². The molecule has 0 spiro atoms. The number of aromatic nitrogens is 2. The molecule has 3 fully saturated rings. The van der Waals surface area contributed by atoms with E-state index < -0.39 is 88.6 Å². The predicted octanol–water partition coefficient (Wildman–Crippen LogP) is 6.71. The van der Waals surface area contributed by atoms with E-state index >= 15 is 4.39 Å². The highest BCUT2D eigenvalue weighted by atomic mass is 32.1. The number of nitrogen functional groups attached to an aromatic ring is 1. The van der Waals surface area contributed by atoms with Gasteiger partial charge < -0.3 is 15.4 Å². The van der Waals surface area contributed by atoms with Gasteiger partial charge >= 0.3 is 12.2 Å². The van der Waals surface area contributed by atoms with Crippen LogP contribution in [0.3, 0.4) is 0 Å². The second-order valence-corrected chi connectivity index (χ2v) is 12.9. The summed E-state index contributed by atoms with van der Waals surface area (Å²) in [6.07, 6.45) is -8.69. The lowest BCUT2D eigenvalue weighted by Crippen LogP contribution is -2.43. The van der Waals surface area contributed by atoms with Crippen molar-refractivity contribution in [2.75, 3.05) is 43.4 Å². The first kappa shape index (κ1) is 30.7. The molecular weight excluding hydrogens is 644 g/mol. The summed E-state index contributed by atoms with van der Waals surface area (Å²) in [6, 6.07) is 3.63. The minimum absolute atomic E-state index is 0.108. The average Bonchev–Trinajstić information content (AvgIpc) is 3.72. The van der Waals surface area contributed by atoms with Crippen molar-refractivity contribution in [1.82, 2.24) is 14.9 Å². The second kappa shape index (κ2) is 10.8. The van der Waals surface area contributed by atoms with E-state index in [2.05, 4.69) is 9.97 Å². The molecule has 4 atom stereocenters. The predicted molar refractivity (Wildman–Crippen MR) is 155 cm³/mol. The number of halogens is 8. The van der Waals surface area contributed by atoms with Crippen molar-refractivity contribution in [2.24, 2.45) is 0 Å². The Morgan fingerprint density at radius 3 is 2.54 bits per heavy atom. The maximum atomic E-state index is 16.7.